The molecule has 2 aromatic rings. The molecule has 0 atom stereocenters. The molecule has 0 bridgehead atoms. The smallest absolute Gasteiger partial charge is 0.263 e. The van der Waals surface area contributed by atoms with E-state index in [4.69, 9.17) is 0 Å². The summed E-state index contributed by atoms with van der Waals surface area (Å²) in [6, 6.07) is 2.01. The molecule has 122 valence electrons. The normalized spacial score (nSPS) is 14.3. The van der Waals surface area contributed by atoms with E-state index in [1.807, 2.05) is 26.8 Å². The van der Waals surface area contributed by atoms with Crippen LogP contribution < -0.4 is 10.2 Å². The van der Waals surface area contributed by atoms with Gasteiger partial charge in [0, 0.05) is 24.8 Å². The Bertz CT molecular complexity index is 721. The molecular formula is C16H21N5OS. The number of rotatable bonds is 4. The second-order valence-electron chi connectivity index (χ2n) is 5.81. The highest BCUT2D eigenvalue weighted by atomic mass is 32.1. The van der Waals surface area contributed by atoms with Crippen LogP contribution in [0, 0.1) is 20.8 Å². The van der Waals surface area contributed by atoms with Crippen LogP contribution in [0.2, 0.25) is 0 Å². The molecule has 2 aromatic heterocycles. The first-order valence-electron chi connectivity index (χ1n) is 7.84. The van der Waals surface area contributed by atoms with E-state index < -0.39 is 0 Å². The second kappa shape index (κ2) is 6.62. The highest BCUT2D eigenvalue weighted by molar-refractivity contribution is 7.13. The predicted molar refractivity (Wildman–Crippen MR) is 91.0 cm³/mol. The van der Waals surface area contributed by atoms with Gasteiger partial charge in [0.05, 0.1) is 17.2 Å². The highest BCUT2D eigenvalue weighted by Gasteiger charge is 2.17. The molecular weight excluding hydrogens is 310 g/mol. The van der Waals surface area contributed by atoms with Gasteiger partial charge in [-0.1, -0.05) is 0 Å². The maximum absolute atomic E-state index is 12.3. The Balaban J connectivity index is 1.70. The summed E-state index contributed by atoms with van der Waals surface area (Å²) in [6.07, 6.45) is 2.41. The maximum atomic E-state index is 12.3. The van der Waals surface area contributed by atoms with Gasteiger partial charge in [-0.2, -0.15) is 0 Å². The summed E-state index contributed by atoms with van der Waals surface area (Å²) < 4.78 is 0. The molecule has 3 heterocycles. The first-order valence-corrected chi connectivity index (χ1v) is 8.66. The summed E-state index contributed by atoms with van der Waals surface area (Å²) in [5.41, 5.74) is 1.70. The molecule has 1 N–H and O–H groups in total. The fourth-order valence-electron chi connectivity index (χ4n) is 2.78. The van der Waals surface area contributed by atoms with Crippen molar-refractivity contribution in [3.63, 3.8) is 0 Å². The Kier molecular flexibility index (Phi) is 4.56. The van der Waals surface area contributed by atoms with Gasteiger partial charge in [0.25, 0.3) is 5.91 Å². The van der Waals surface area contributed by atoms with E-state index in [1.165, 1.54) is 24.2 Å². The van der Waals surface area contributed by atoms with Crippen molar-refractivity contribution in [1.82, 2.24) is 20.3 Å². The molecule has 0 unspecified atom stereocenters. The van der Waals surface area contributed by atoms with Crippen LogP contribution in [-0.2, 0) is 6.54 Å². The van der Waals surface area contributed by atoms with Crippen LogP contribution >= 0.6 is 11.3 Å². The van der Waals surface area contributed by atoms with Crippen molar-refractivity contribution in [1.29, 1.82) is 0 Å². The number of aromatic nitrogens is 3. The van der Waals surface area contributed by atoms with E-state index in [0.29, 0.717) is 17.2 Å². The Morgan fingerprint density at radius 3 is 2.61 bits per heavy atom. The van der Waals surface area contributed by atoms with Crippen LogP contribution in [-0.4, -0.2) is 33.9 Å². The molecule has 0 saturated carbocycles. The summed E-state index contributed by atoms with van der Waals surface area (Å²) in [6.45, 7) is 8.14. The number of carbonyl (C=O) groups excluding carboxylic acids is 1. The Hall–Kier alpha value is -2.02. The van der Waals surface area contributed by atoms with Gasteiger partial charge in [-0.25, -0.2) is 15.0 Å². The number of thiazole rings is 1. The summed E-state index contributed by atoms with van der Waals surface area (Å²) in [7, 11) is 0. The van der Waals surface area contributed by atoms with Crippen molar-refractivity contribution < 1.29 is 4.79 Å². The lowest BCUT2D eigenvalue weighted by molar-refractivity contribution is 0.0953. The summed E-state index contributed by atoms with van der Waals surface area (Å²) in [4.78, 5) is 28.5. The standard InChI is InChI=1S/C16H21N5OS/c1-10-8-14(21-6-4-5-7-21)20-13(18-10)9-17-16(22)15-11(2)19-12(3)23-15/h8H,4-7,9H2,1-3H3,(H,17,22). The lowest BCUT2D eigenvalue weighted by Gasteiger charge is -2.17. The number of nitrogens with zero attached hydrogens (tertiary/aromatic N) is 4. The number of carbonyl (C=O) groups is 1. The predicted octanol–water partition coefficient (Wildman–Crippen LogP) is 2.39. The van der Waals surface area contributed by atoms with Crippen molar-refractivity contribution in [2.75, 3.05) is 18.0 Å². The van der Waals surface area contributed by atoms with Gasteiger partial charge in [0.2, 0.25) is 0 Å². The van der Waals surface area contributed by atoms with Crippen molar-refractivity contribution in [2.24, 2.45) is 0 Å². The third-order valence-corrected chi connectivity index (χ3v) is 4.91. The minimum atomic E-state index is -0.110. The third kappa shape index (κ3) is 3.67. The molecule has 0 aliphatic carbocycles. The van der Waals surface area contributed by atoms with Crippen molar-refractivity contribution in [3.8, 4) is 0 Å². The maximum Gasteiger partial charge on any atom is 0.263 e. The SMILES string of the molecule is Cc1cc(N2CCCC2)nc(CNC(=O)c2sc(C)nc2C)n1. The lowest BCUT2D eigenvalue weighted by Crippen LogP contribution is -2.25. The van der Waals surface area contributed by atoms with Crippen LogP contribution in [0.3, 0.4) is 0 Å². The van der Waals surface area contributed by atoms with E-state index in [2.05, 4.69) is 25.2 Å². The number of amides is 1. The summed E-state index contributed by atoms with van der Waals surface area (Å²) in [5, 5.41) is 3.80. The van der Waals surface area contributed by atoms with Gasteiger partial charge in [-0.15, -0.1) is 11.3 Å². The Morgan fingerprint density at radius 2 is 1.96 bits per heavy atom. The fourth-order valence-corrected chi connectivity index (χ4v) is 3.62. The molecule has 6 nitrogen and oxygen atoms in total. The third-order valence-electron chi connectivity index (χ3n) is 3.83. The van der Waals surface area contributed by atoms with E-state index in [1.54, 1.807) is 0 Å². The number of aryl methyl sites for hydroxylation is 3. The van der Waals surface area contributed by atoms with Crippen LogP contribution in [0.25, 0.3) is 0 Å². The van der Waals surface area contributed by atoms with Gasteiger partial charge >= 0.3 is 0 Å². The summed E-state index contributed by atoms with van der Waals surface area (Å²) in [5.74, 6) is 1.50. The van der Waals surface area contributed by atoms with Gasteiger partial charge in [-0.3, -0.25) is 4.79 Å². The molecule has 0 radical (unpaired) electrons. The monoisotopic (exact) mass is 331 g/mol. The largest absolute Gasteiger partial charge is 0.357 e. The van der Waals surface area contributed by atoms with Crippen molar-refractivity contribution in [2.45, 2.75) is 40.2 Å². The average Bonchev–Trinajstić information content (AvgIpc) is 3.14. The molecule has 23 heavy (non-hydrogen) atoms. The number of hydrogen-bond acceptors (Lipinski definition) is 6. The fraction of sp³-hybridized carbons (Fsp3) is 0.500. The topological polar surface area (TPSA) is 71.0 Å². The molecule has 1 aliphatic heterocycles. The quantitative estimate of drug-likeness (QED) is 0.931. The van der Waals surface area contributed by atoms with Crippen molar-refractivity contribution >= 4 is 23.1 Å². The van der Waals surface area contributed by atoms with E-state index in [0.717, 1.165) is 35.3 Å². The number of anilines is 1. The van der Waals surface area contributed by atoms with E-state index in [-0.39, 0.29) is 5.91 Å². The molecule has 7 heteroatoms. The highest BCUT2D eigenvalue weighted by Crippen LogP contribution is 2.19. The van der Waals surface area contributed by atoms with Crippen LogP contribution in [0.15, 0.2) is 6.07 Å². The lowest BCUT2D eigenvalue weighted by atomic mass is 10.3. The van der Waals surface area contributed by atoms with Gasteiger partial charge < -0.3 is 10.2 Å². The first-order chi connectivity index (χ1) is 11.0. The zero-order valence-electron chi connectivity index (χ0n) is 13.7. The molecule has 1 fully saturated rings. The molecule has 3 rings (SSSR count). The molecule has 0 spiro atoms. The number of nitrogens with one attached hydrogen (secondary N) is 1. The minimum Gasteiger partial charge on any atom is -0.357 e. The van der Waals surface area contributed by atoms with Gasteiger partial charge in [-0.05, 0) is 33.6 Å². The van der Waals surface area contributed by atoms with E-state index in [9.17, 15) is 4.79 Å². The van der Waals surface area contributed by atoms with Crippen LogP contribution in [0.1, 0.15) is 44.7 Å². The zero-order chi connectivity index (χ0) is 16.4. The van der Waals surface area contributed by atoms with Gasteiger partial charge in [0.1, 0.15) is 16.5 Å². The van der Waals surface area contributed by atoms with Crippen LogP contribution in [0.5, 0.6) is 0 Å². The molecule has 0 aromatic carbocycles. The first kappa shape index (κ1) is 15.9. The van der Waals surface area contributed by atoms with Crippen LogP contribution in [0.4, 0.5) is 5.82 Å². The van der Waals surface area contributed by atoms with Gasteiger partial charge in [0.15, 0.2) is 0 Å². The molecule has 1 aliphatic rings. The molecule has 1 amide bonds. The average molecular weight is 331 g/mol. The number of hydrogen-bond donors (Lipinski definition) is 1. The van der Waals surface area contributed by atoms with E-state index >= 15 is 0 Å². The van der Waals surface area contributed by atoms with Crippen molar-refractivity contribution in [3.05, 3.63) is 33.2 Å². The second-order valence-corrected chi connectivity index (χ2v) is 7.01. The Labute approximate surface area is 140 Å². The minimum absolute atomic E-state index is 0.110. The summed E-state index contributed by atoms with van der Waals surface area (Å²) >= 11 is 1.41. The molecule has 1 saturated heterocycles. The Morgan fingerprint density at radius 1 is 1.22 bits per heavy atom. The zero-order valence-corrected chi connectivity index (χ0v) is 14.5.